The first kappa shape index (κ1) is 16.0. The van der Waals surface area contributed by atoms with E-state index in [2.05, 4.69) is 6.58 Å². The maximum atomic E-state index is 12.3. The molecule has 0 fully saturated rings. The van der Waals surface area contributed by atoms with Gasteiger partial charge in [0, 0.05) is 6.20 Å². The van der Waals surface area contributed by atoms with E-state index < -0.39 is 5.60 Å². The molecule has 0 bridgehead atoms. The van der Waals surface area contributed by atoms with Crippen molar-refractivity contribution in [2.24, 2.45) is 0 Å². The normalized spacial score (nSPS) is 13.0. The Morgan fingerprint density at radius 3 is 2.40 bits per heavy atom. The van der Waals surface area contributed by atoms with Crippen molar-refractivity contribution in [1.82, 2.24) is 4.90 Å². The molecular weight excluding hydrogens is 250 g/mol. The van der Waals surface area contributed by atoms with Crippen LogP contribution in [0.5, 0.6) is 0 Å². The summed E-state index contributed by atoms with van der Waals surface area (Å²) >= 11 is 0. The van der Waals surface area contributed by atoms with Gasteiger partial charge in [-0.3, -0.25) is 4.90 Å². The third-order valence-corrected chi connectivity index (χ3v) is 2.69. The van der Waals surface area contributed by atoms with E-state index in [1.807, 2.05) is 58.0 Å². The Labute approximate surface area is 121 Å². The molecule has 1 atom stereocenters. The highest BCUT2D eigenvalue weighted by atomic mass is 16.6. The zero-order valence-electron chi connectivity index (χ0n) is 12.7. The Bertz CT molecular complexity index is 472. The first-order chi connectivity index (χ1) is 9.35. The lowest BCUT2D eigenvalue weighted by Gasteiger charge is -2.29. The molecule has 0 saturated carbocycles. The summed E-state index contributed by atoms with van der Waals surface area (Å²) in [4.78, 5) is 13.9. The number of amides is 1. The molecule has 0 radical (unpaired) electrons. The highest BCUT2D eigenvalue weighted by Gasteiger charge is 2.25. The molecule has 20 heavy (non-hydrogen) atoms. The number of nitrogens with zero attached hydrogens (tertiary/aromatic N) is 1. The van der Waals surface area contributed by atoms with Gasteiger partial charge < -0.3 is 4.74 Å². The van der Waals surface area contributed by atoms with E-state index in [1.165, 1.54) is 0 Å². The maximum Gasteiger partial charge on any atom is 0.414 e. The lowest BCUT2D eigenvalue weighted by molar-refractivity contribution is 0.0278. The van der Waals surface area contributed by atoms with Crippen molar-refractivity contribution in [3.8, 4) is 0 Å². The third kappa shape index (κ3) is 4.92. The standard InChI is InChI=1S/C17H23NO2/c1-6-7-13-18(16(19)20-17(3,4)5)14(2)15-11-9-8-10-12-15/h6-14H,1H2,2-5H3/b13-7-/t14-/m0/s1. The Kier molecular flexibility index (Phi) is 5.56. The van der Waals surface area contributed by atoms with E-state index in [4.69, 9.17) is 4.74 Å². The van der Waals surface area contributed by atoms with Crippen LogP contribution in [0.4, 0.5) is 4.79 Å². The van der Waals surface area contributed by atoms with E-state index >= 15 is 0 Å². The van der Waals surface area contributed by atoms with E-state index in [0.29, 0.717) is 0 Å². The van der Waals surface area contributed by atoms with Crippen LogP contribution in [0.3, 0.4) is 0 Å². The van der Waals surface area contributed by atoms with Gasteiger partial charge in [-0.05, 0) is 39.3 Å². The van der Waals surface area contributed by atoms with Crippen LogP contribution < -0.4 is 0 Å². The van der Waals surface area contributed by atoms with Gasteiger partial charge in [0.05, 0.1) is 6.04 Å². The molecule has 0 aliphatic carbocycles. The van der Waals surface area contributed by atoms with E-state index in [9.17, 15) is 4.79 Å². The number of carbonyl (C=O) groups excluding carboxylic acids is 1. The third-order valence-electron chi connectivity index (χ3n) is 2.69. The summed E-state index contributed by atoms with van der Waals surface area (Å²) in [5.41, 5.74) is 0.528. The number of carbonyl (C=O) groups is 1. The first-order valence-electron chi connectivity index (χ1n) is 6.70. The van der Waals surface area contributed by atoms with Gasteiger partial charge in [-0.2, -0.15) is 0 Å². The smallest absolute Gasteiger partial charge is 0.414 e. The molecule has 1 aromatic rings. The summed E-state index contributed by atoms with van der Waals surface area (Å²) in [5.74, 6) is 0. The van der Waals surface area contributed by atoms with Crippen LogP contribution in [0.15, 0.2) is 55.3 Å². The molecular formula is C17H23NO2. The molecule has 108 valence electrons. The van der Waals surface area contributed by atoms with Gasteiger partial charge >= 0.3 is 6.09 Å². The number of hydrogen-bond donors (Lipinski definition) is 0. The Balaban J connectivity index is 2.97. The second kappa shape index (κ2) is 6.94. The Hall–Kier alpha value is -2.03. The topological polar surface area (TPSA) is 29.5 Å². The van der Waals surface area contributed by atoms with Crippen molar-refractivity contribution in [2.75, 3.05) is 0 Å². The number of hydrogen-bond acceptors (Lipinski definition) is 2. The zero-order chi connectivity index (χ0) is 15.2. The molecule has 0 aliphatic rings. The zero-order valence-corrected chi connectivity index (χ0v) is 12.7. The summed E-state index contributed by atoms with van der Waals surface area (Å²) in [5, 5.41) is 0. The molecule has 3 nitrogen and oxygen atoms in total. The monoisotopic (exact) mass is 273 g/mol. The van der Waals surface area contributed by atoms with Crippen LogP contribution >= 0.6 is 0 Å². The van der Waals surface area contributed by atoms with Crippen LogP contribution in [-0.4, -0.2) is 16.6 Å². The van der Waals surface area contributed by atoms with E-state index in [-0.39, 0.29) is 12.1 Å². The van der Waals surface area contributed by atoms with Crippen molar-refractivity contribution in [3.05, 3.63) is 60.8 Å². The van der Waals surface area contributed by atoms with Crippen molar-refractivity contribution in [1.29, 1.82) is 0 Å². The minimum absolute atomic E-state index is 0.109. The molecule has 0 aromatic heterocycles. The Morgan fingerprint density at radius 2 is 1.90 bits per heavy atom. The minimum Gasteiger partial charge on any atom is -0.443 e. The maximum absolute atomic E-state index is 12.3. The predicted molar refractivity (Wildman–Crippen MR) is 82.3 cm³/mol. The molecule has 0 aliphatic heterocycles. The van der Waals surface area contributed by atoms with Gasteiger partial charge in [-0.1, -0.05) is 43.0 Å². The van der Waals surface area contributed by atoms with Gasteiger partial charge in [0.25, 0.3) is 0 Å². The molecule has 3 heteroatoms. The van der Waals surface area contributed by atoms with Crippen molar-refractivity contribution >= 4 is 6.09 Å². The number of rotatable bonds is 4. The quantitative estimate of drug-likeness (QED) is 0.745. The summed E-state index contributed by atoms with van der Waals surface area (Å²) in [6, 6.07) is 9.73. The van der Waals surface area contributed by atoms with E-state index in [1.54, 1.807) is 23.3 Å². The van der Waals surface area contributed by atoms with Crippen LogP contribution in [0, 0.1) is 0 Å². The molecule has 0 heterocycles. The lowest BCUT2D eigenvalue weighted by atomic mass is 10.1. The van der Waals surface area contributed by atoms with Gasteiger partial charge in [0.15, 0.2) is 0 Å². The molecule has 0 saturated heterocycles. The Morgan fingerprint density at radius 1 is 1.30 bits per heavy atom. The highest BCUT2D eigenvalue weighted by Crippen LogP contribution is 2.23. The number of ether oxygens (including phenoxy) is 1. The van der Waals surface area contributed by atoms with Crippen LogP contribution in [0.1, 0.15) is 39.3 Å². The second-order valence-corrected chi connectivity index (χ2v) is 5.55. The molecule has 0 unspecified atom stereocenters. The predicted octanol–water partition coefficient (Wildman–Crippen LogP) is 4.68. The minimum atomic E-state index is -0.520. The van der Waals surface area contributed by atoms with Gasteiger partial charge in [0.1, 0.15) is 5.60 Å². The fourth-order valence-electron chi connectivity index (χ4n) is 1.71. The summed E-state index contributed by atoms with van der Waals surface area (Å²) in [6.07, 6.45) is 4.68. The van der Waals surface area contributed by atoms with Crippen molar-refractivity contribution in [3.63, 3.8) is 0 Å². The number of benzene rings is 1. The molecule has 0 N–H and O–H groups in total. The first-order valence-corrected chi connectivity index (χ1v) is 6.70. The lowest BCUT2D eigenvalue weighted by Crippen LogP contribution is -2.35. The van der Waals surface area contributed by atoms with Gasteiger partial charge in [0.2, 0.25) is 0 Å². The summed E-state index contributed by atoms with van der Waals surface area (Å²) in [6.45, 7) is 11.2. The largest absolute Gasteiger partial charge is 0.443 e. The van der Waals surface area contributed by atoms with Gasteiger partial charge in [-0.25, -0.2) is 4.79 Å². The van der Waals surface area contributed by atoms with E-state index in [0.717, 1.165) is 5.56 Å². The highest BCUT2D eigenvalue weighted by molar-refractivity contribution is 5.70. The van der Waals surface area contributed by atoms with Gasteiger partial charge in [-0.15, -0.1) is 0 Å². The van der Waals surface area contributed by atoms with Crippen LogP contribution in [-0.2, 0) is 4.74 Å². The summed E-state index contributed by atoms with van der Waals surface area (Å²) in [7, 11) is 0. The van der Waals surface area contributed by atoms with Crippen molar-refractivity contribution < 1.29 is 9.53 Å². The van der Waals surface area contributed by atoms with Crippen molar-refractivity contribution in [2.45, 2.75) is 39.3 Å². The number of allylic oxidation sites excluding steroid dienone is 2. The fourth-order valence-corrected chi connectivity index (χ4v) is 1.71. The average molecular weight is 273 g/mol. The van der Waals surface area contributed by atoms with Crippen LogP contribution in [0.2, 0.25) is 0 Å². The molecule has 1 rings (SSSR count). The van der Waals surface area contributed by atoms with Crippen LogP contribution in [0.25, 0.3) is 0 Å². The fraction of sp³-hybridized carbons (Fsp3) is 0.353. The average Bonchev–Trinajstić information content (AvgIpc) is 2.38. The molecule has 0 spiro atoms. The molecule has 1 aromatic carbocycles. The second-order valence-electron chi connectivity index (χ2n) is 5.55. The SMILES string of the molecule is C=C/C=C\N(C(=O)OC(C)(C)C)[C@@H](C)c1ccccc1. The summed E-state index contributed by atoms with van der Waals surface area (Å²) < 4.78 is 5.44. The molecule has 1 amide bonds.